The first-order valence-electron chi connectivity index (χ1n) is 8.07. The third-order valence-corrected chi connectivity index (χ3v) is 5.17. The Morgan fingerprint density at radius 1 is 1.21 bits per heavy atom. The largest absolute Gasteiger partial charge is 0.316 e. The molecule has 4 rings (SSSR count). The number of hydrogen-bond donors (Lipinski definition) is 2. The minimum absolute atomic E-state index is 0. The molecular weight excluding hydrogens is 334 g/mol. The van der Waals surface area contributed by atoms with Crippen molar-refractivity contribution in [1.29, 1.82) is 0 Å². The summed E-state index contributed by atoms with van der Waals surface area (Å²) in [6.45, 7) is 4.88. The van der Waals surface area contributed by atoms with Crippen LogP contribution in [0.2, 0.25) is 0 Å². The molecule has 0 bridgehead atoms. The lowest BCUT2D eigenvalue weighted by molar-refractivity contribution is 0.269. The van der Waals surface area contributed by atoms with Crippen LogP contribution in [0.5, 0.6) is 0 Å². The number of aromatic nitrogens is 2. The van der Waals surface area contributed by atoms with Crippen LogP contribution >= 0.6 is 12.4 Å². The third kappa shape index (κ3) is 3.06. The number of hydrogen-bond acceptors (Lipinski definition) is 3. The maximum Gasteiger partial charge on any atom is 0.135 e. The molecule has 1 spiro atoms. The fourth-order valence-electron chi connectivity index (χ4n) is 3.93. The minimum atomic E-state index is -0.562. The van der Waals surface area contributed by atoms with Gasteiger partial charge in [0.25, 0.3) is 0 Å². The molecule has 24 heavy (non-hydrogen) atoms. The molecule has 0 saturated carbocycles. The summed E-state index contributed by atoms with van der Waals surface area (Å²) in [7, 11) is 0. The maximum absolute atomic E-state index is 14.0. The predicted molar refractivity (Wildman–Crippen MR) is 91.0 cm³/mol. The standard InChI is InChI=1S/C17H20F2N4.ClH/c18-13-2-1-3-14(19)15(13)16-12(8-21-22-16)9-23-7-5-17(11-23)4-6-20-10-17;/h1-3,8,20H,4-7,9-11H2,(H,21,22);1H. The minimum Gasteiger partial charge on any atom is -0.316 e. The molecule has 4 nitrogen and oxygen atoms in total. The highest BCUT2D eigenvalue weighted by Crippen LogP contribution is 2.37. The van der Waals surface area contributed by atoms with Crippen LogP contribution in [0.25, 0.3) is 11.3 Å². The monoisotopic (exact) mass is 354 g/mol. The Kier molecular flexibility index (Phi) is 4.90. The number of H-pyrrole nitrogens is 1. The Morgan fingerprint density at radius 2 is 2.00 bits per heavy atom. The number of halogens is 3. The van der Waals surface area contributed by atoms with Gasteiger partial charge in [0, 0.05) is 25.2 Å². The Labute approximate surface area is 146 Å². The van der Waals surface area contributed by atoms with E-state index in [0.717, 1.165) is 31.7 Å². The first-order valence-corrected chi connectivity index (χ1v) is 8.07. The Morgan fingerprint density at radius 3 is 2.71 bits per heavy atom. The zero-order valence-electron chi connectivity index (χ0n) is 13.3. The fraction of sp³-hybridized carbons (Fsp3) is 0.471. The third-order valence-electron chi connectivity index (χ3n) is 5.17. The fourth-order valence-corrected chi connectivity index (χ4v) is 3.93. The zero-order chi connectivity index (χ0) is 15.9. The van der Waals surface area contributed by atoms with E-state index in [9.17, 15) is 8.78 Å². The molecule has 2 aliphatic rings. The average Bonchev–Trinajstić information content (AvgIpc) is 3.24. The first-order chi connectivity index (χ1) is 11.2. The van der Waals surface area contributed by atoms with Crippen LogP contribution in [0, 0.1) is 17.0 Å². The van der Waals surface area contributed by atoms with E-state index in [1.807, 2.05) is 0 Å². The predicted octanol–water partition coefficient (Wildman–Crippen LogP) is 2.96. The summed E-state index contributed by atoms with van der Waals surface area (Å²) in [5.41, 5.74) is 1.66. The smallest absolute Gasteiger partial charge is 0.135 e. The SMILES string of the molecule is Cl.Fc1cccc(F)c1-c1[nH]ncc1CN1CCC2(CCNC2)C1. The Hall–Kier alpha value is -1.50. The van der Waals surface area contributed by atoms with Crippen molar-refractivity contribution in [2.24, 2.45) is 5.41 Å². The van der Waals surface area contributed by atoms with Crippen LogP contribution in [0.1, 0.15) is 18.4 Å². The second kappa shape index (κ2) is 6.78. The quantitative estimate of drug-likeness (QED) is 0.890. The molecule has 3 heterocycles. The highest BCUT2D eigenvalue weighted by atomic mass is 35.5. The van der Waals surface area contributed by atoms with Crippen LogP contribution in [0.3, 0.4) is 0 Å². The second-order valence-corrected chi connectivity index (χ2v) is 6.75. The van der Waals surface area contributed by atoms with Crippen LogP contribution in [0.4, 0.5) is 8.78 Å². The molecule has 2 N–H and O–H groups in total. The van der Waals surface area contributed by atoms with Gasteiger partial charge in [-0.05, 0) is 43.5 Å². The molecule has 1 aromatic carbocycles. The van der Waals surface area contributed by atoms with Crippen molar-refractivity contribution >= 4 is 12.4 Å². The molecule has 2 fully saturated rings. The van der Waals surface area contributed by atoms with Gasteiger partial charge in [0.2, 0.25) is 0 Å². The molecule has 130 valence electrons. The van der Waals surface area contributed by atoms with Gasteiger partial charge >= 0.3 is 0 Å². The van der Waals surface area contributed by atoms with E-state index >= 15 is 0 Å². The molecule has 0 aliphatic carbocycles. The summed E-state index contributed by atoms with van der Waals surface area (Å²) in [5, 5.41) is 10.2. The van der Waals surface area contributed by atoms with Gasteiger partial charge < -0.3 is 5.32 Å². The van der Waals surface area contributed by atoms with Gasteiger partial charge in [-0.1, -0.05) is 6.07 Å². The molecule has 1 aromatic heterocycles. The van der Waals surface area contributed by atoms with Crippen molar-refractivity contribution in [2.45, 2.75) is 19.4 Å². The van der Waals surface area contributed by atoms with Gasteiger partial charge in [-0.2, -0.15) is 5.10 Å². The van der Waals surface area contributed by atoms with Gasteiger partial charge in [0.05, 0.1) is 17.5 Å². The molecule has 2 aromatic rings. The topological polar surface area (TPSA) is 44.0 Å². The summed E-state index contributed by atoms with van der Waals surface area (Å²) >= 11 is 0. The van der Waals surface area contributed by atoms with E-state index in [-0.39, 0.29) is 18.0 Å². The van der Waals surface area contributed by atoms with Gasteiger partial charge in [0.1, 0.15) is 11.6 Å². The molecule has 0 radical (unpaired) electrons. The van der Waals surface area contributed by atoms with E-state index in [1.165, 1.54) is 31.0 Å². The molecule has 7 heteroatoms. The van der Waals surface area contributed by atoms with Crippen molar-refractivity contribution in [3.8, 4) is 11.3 Å². The van der Waals surface area contributed by atoms with Crippen molar-refractivity contribution in [3.05, 3.63) is 41.6 Å². The van der Waals surface area contributed by atoms with E-state index in [0.29, 0.717) is 17.7 Å². The molecule has 2 saturated heterocycles. The number of aromatic amines is 1. The summed E-state index contributed by atoms with van der Waals surface area (Å²) < 4.78 is 28.1. The van der Waals surface area contributed by atoms with E-state index in [2.05, 4.69) is 20.4 Å². The molecule has 2 aliphatic heterocycles. The highest BCUT2D eigenvalue weighted by Gasteiger charge is 2.40. The normalized spacial score (nSPS) is 23.8. The van der Waals surface area contributed by atoms with E-state index in [4.69, 9.17) is 0 Å². The number of likely N-dealkylation sites (tertiary alicyclic amines) is 1. The van der Waals surface area contributed by atoms with Crippen LogP contribution in [0.15, 0.2) is 24.4 Å². The lowest BCUT2D eigenvalue weighted by Crippen LogP contribution is -2.29. The molecule has 1 unspecified atom stereocenters. The van der Waals surface area contributed by atoms with E-state index in [1.54, 1.807) is 6.20 Å². The van der Waals surface area contributed by atoms with Crippen molar-refractivity contribution in [1.82, 2.24) is 20.4 Å². The van der Waals surface area contributed by atoms with Crippen LogP contribution in [-0.4, -0.2) is 41.3 Å². The molecule has 0 amide bonds. The number of nitrogens with one attached hydrogen (secondary N) is 2. The summed E-state index contributed by atoms with van der Waals surface area (Å²) in [6, 6.07) is 3.93. The summed E-state index contributed by atoms with van der Waals surface area (Å²) in [4.78, 5) is 2.36. The Balaban J connectivity index is 0.00000169. The first kappa shape index (κ1) is 17.3. The van der Waals surface area contributed by atoms with E-state index < -0.39 is 11.6 Å². The Bertz CT molecular complexity index is 692. The number of benzene rings is 1. The van der Waals surface area contributed by atoms with Gasteiger partial charge in [-0.25, -0.2) is 8.78 Å². The lowest BCUT2D eigenvalue weighted by atomic mass is 9.86. The zero-order valence-corrected chi connectivity index (χ0v) is 14.1. The summed E-state index contributed by atoms with van der Waals surface area (Å²) in [6.07, 6.45) is 4.07. The van der Waals surface area contributed by atoms with Gasteiger partial charge in [0.15, 0.2) is 0 Å². The lowest BCUT2D eigenvalue weighted by Gasteiger charge is -2.22. The average molecular weight is 355 g/mol. The van der Waals surface area contributed by atoms with Crippen molar-refractivity contribution in [2.75, 3.05) is 26.2 Å². The van der Waals surface area contributed by atoms with Crippen molar-refractivity contribution < 1.29 is 8.78 Å². The van der Waals surface area contributed by atoms with Crippen LogP contribution in [-0.2, 0) is 6.54 Å². The second-order valence-electron chi connectivity index (χ2n) is 6.75. The van der Waals surface area contributed by atoms with Gasteiger partial charge in [-0.3, -0.25) is 10.00 Å². The molecular formula is C17H21ClF2N4. The van der Waals surface area contributed by atoms with Crippen LogP contribution < -0.4 is 5.32 Å². The molecule has 1 atom stereocenters. The summed E-state index contributed by atoms with van der Waals surface area (Å²) in [5.74, 6) is -1.12. The highest BCUT2D eigenvalue weighted by molar-refractivity contribution is 5.85. The number of rotatable bonds is 3. The maximum atomic E-state index is 14.0. The van der Waals surface area contributed by atoms with Gasteiger partial charge in [-0.15, -0.1) is 12.4 Å². The van der Waals surface area contributed by atoms with Crippen molar-refractivity contribution in [3.63, 3.8) is 0 Å². The number of nitrogens with zero attached hydrogens (tertiary/aromatic N) is 2.